The van der Waals surface area contributed by atoms with Crippen molar-refractivity contribution in [2.75, 3.05) is 16.0 Å². The summed E-state index contributed by atoms with van der Waals surface area (Å²) in [5.74, 6) is -2.42. The largest absolute Gasteiger partial charge is 0.369 e. The van der Waals surface area contributed by atoms with E-state index in [2.05, 4.69) is 46.6 Å². The Kier molecular flexibility index (Phi) is 12.9. The lowest BCUT2D eigenvalue weighted by Gasteiger charge is -2.13. The van der Waals surface area contributed by atoms with E-state index >= 15 is 0 Å². The molecule has 4 aromatic rings. The first-order chi connectivity index (χ1) is 25.7. The monoisotopic (exact) mass is 729 g/mol. The molecule has 0 saturated carbocycles. The molecule has 0 fully saturated rings. The molecular formula is C36H39N15O3. The lowest BCUT2D eigenvalue weighted by Crippen LogP contribution is -2.22. The van der Waals surface area contributed by atoms with Gasteiger partial charge in [0.2, 0.25) is 17.9 Å². The third-order valence-corrected chi connectivity index (χ3v) is 7.28. The molecule has 276 valence electrons. The number of nitrogens with zero attached hydrogens (tertiary/aromatic N) is 6. The van der Waals surface area contributed by atoms with Gasteiger partial charge in [-0.3, -0.25) is 14.4 Å². The van der Waals surface area contributed by atoms with Crippen molar-refractivity contribution in [3.05, 3.63) is 124 Å². The number of nitrogens with one attached hydrogen (secondary N) is 3. The number of guanidine groups is 3. The number of hydrogen-bond acceptors (Lipinski definition) is 9. The highest BCUT2D eigenvalue weighted by Crippen LogP contribution is 2.20. The molecule has 0 saturated heterocycles. The van der Waals surface area contributed by atoms with Crippen LogP contribution >= 0.6 is 0 Å². The average molecular weight is 730 g/mol. The van der Waals surface area contributed by atoms with Crippen molar-refractivity contribution < 1.29 is 14.4 Å². The minimum Gasteiger partial charge on any atom is -0.369 e. The normalized spacial score (nSPS) is 11.5. The molecule has 0 spiro atoms. The highest BCUT2D eigenvalue weighted by Gasteiger charge is 2.18. The fourth-order valence-electron chi connectivity index (χ4n) is 4.67. The molecule has 0 unspecified atom stereocenters. The summed E-state index contributed by atoms with van der Waals surface area (Å²) in [6.45, 7) is 5.09. The molecule has 0 bridgehead atoms. The Morgan fingerprint density at radius 1 is 0.389 bits per heavy atom. The number of amides is 3. The molecule has 15 N–H and O–H groups in total. The van der Waals surface area contributed by atoms with Crippen molar-refractivity contribution in [2.24, 2.45) is 65.0 Å². The number of benzene rings is 4. The van der Waals surface area contributed by atoms with Crippen LogP contribution in [0.3, 0.4) is 0 Å². The molecule has 0 atom stereocenters. The van der Waals surface area contributed by atoms with Crippen LogP contribution < -0.4 is 50.4 Å². The van der Waals surface area contributed by atoms with Gasteiger partial charge in [0.25, 0.3) is 17.7 Å². The van der Waals surface area contributed by atoms with Crippen LogP contribution in [0.4, 0.5) is 17.1 Å². The number of hydrogen-bond donors (Lipinski definition) is 9. The fourth-order valence-corrected chi connectivity index (χ4v) is 4.67. The van der Waals surface area contributed by atoms with Crippen LogP contribution in [-0.4, -0.2) is 52.7 Å². The van der Waals surface area contributed by atoms with Gasteiger partial charge in [0.1, 0.15) is 0 Å². The second-order valence-electron chi connectivity index (χ2n) is 11.5. The molecule has 4 aromatic carbocycles. The van der Waals surface area contributed by atoms with E-state index in [0.717, 1.165) is 0 Å². The minimum atomic E-state index is -0.600. The highest BCUT2D eigenvalue weighted by molar-refractivity contribution is 6.13. The third-order valence-electron chi connectivity index (χ3n) is 7.28. The molecular weight excluding hydrogens is 690 g/mol. The number of nitrogens with two attached hydrogens (primary N) is 6. The summed E-state index contributed by atoms with van der Waals surface area (Å²) in [5, 5.41) is 31.3. The molecule has 0 radical (unpaired) electrons. The van der Waals surface area contributed by atoms with E-state index in [0.29, 0.717) is 50.9 Å². The van der Waals surface area contributed by atoms with Gasteiger partial charge in [0.15, 0.2) is 0 Å². The zero-order valence-corrected chi connectivity index (χ0v) is 29.5. The van der Waals surface area contributed by atoms with Crippen molar-refractivity contribution in [1.29, 1.82) is 0 Å². The number of carbonyl (C=O) groups excluding carboxylic acids is 3. The van der Waals surface area contributed by atoms with Crippen LogP contribution in [0.1, 0.15) is 68.5 Å². The van der Waals surface area contributed by atoms with Crippen molar-refractivity contribution in [3.8, 4) is 0 Å². The molecule has 0 aliphatic rings. The van der Waals surface area contributed by atoms with Crippen LogP contribution in [0.25, 0.3) is 0 Å². The van der Waals surface area contributed by atoms with Gasteiger partial charge >= 0.3 is 0 Å². The van der Waals surface area contributed by atoms with E-state index in [4.69, 9.17) is 34.4 Å². The van der Waals surface area contributed by atoms with Crippen LogP contribution in [-0.2, 0) is 0 Å². The number of rotatable bonds is 12. The van der Waals surface area contributed by atoms with Crippen LogP contribution in [0.5, 0.6) is 0 Å². The van der Waals surface area contributed by atoms with E-state index in [9.17, 15) is 14.4 Å². The first-order valence-electron chi connectivity index (χ1n) is 16.0. The Morgan fingerprint density at radius 2 is 0.648 bits per heavy atom. The lowest BCUT2D eigenvalue weighted by molar-refractivity contribution is 0.102. The van der Waals surface area contributed by atoms with Crippen LogP contribution in [0.2, 0.25) is 0 Å². The van der Waals surface area contributed by atoms with E-state index in [1.54, 1.807) is 93.6 Å². The second kappa shape index (κ2) is 17.9. The first kappa shape index (κ1) is 38.9. The molecule has 0 aromatic heterocycles. The summed E-state index contributed by atoms with van der Waals surface area (Å²) in [6, 6.07) is 24.5. The summed E-state index contributed by atoms with van der Waals surface area (Å²) in [5.41, 5.74) is 36.9. The van der Waals surface area contributed by atoms with Crippen molar-refractivity contribution in [1.82, 2.24) is 0 Å². The second-order valence-corrected chi connectivity index (χ2v) is 11.5. The smallest absolute Gasteiger partial charge is 0.255 e. The van der Waals surface area contributed by atoms with Gasteiger partial charge < -0.3 is 50.4 Å². The van der Waals surface area contributed by atoms with Crippen molar-refractivity contribution >= 4 is 69.8 Å². The van der Waals surface area contributed by atoms with Gasteiger partial charge in [0, 0.05) is 33.8 Å². The molecule has 0 aliphatic carbocycles. The van der Waals surface area contributed by atoms with Crippen molar-refractivity contribution in [2.45, 2.75) is 20.8 Å². The van der Waals surface area contributed by atoms with Crippen molar-refractivity contribution in [3.63, 3.8) is 0 Å². The third kappa shape index (κ3) is 11.3. The summed E-state index contributed by atoms with van der Waals surface area (Å²) < 4.78 is 0. The molecule has 0 heterocycles. The molecule has 0 aliphatic heterocycles. The van der Waals surface area contributed by atoms with Crippen LogP contribution in [0, 0.1) is 0 Å². The van der Waals surface area contributed by atoms with Gasteiger partial charge in [-0.15, -0.1) is 15.3 Å². The van der Waals surface area contributed by atoms with Crippen LogP contribution in [0.15, 0.2) is 122 Å². The zero-order chi connectivity index (χ0) is 39.4. The summed E-state index contributed by atoms with van der Waals surface area (Å²) in [6.07, 6.45) is 0. The van der Waals surface area contributed by atoms with E-state index in [1.807, 2.05) is 0 Å². The van der Waals surface area contributed by atoms with E-state index < -0.39 is 17.7 Å². The average Bonchev–Trinajstić information content (AvgIpc) is 3.15. The lowest BCUT2D eigenvalue weighted by atomic mass is 10.0. The van der Waals surface area contributed by atoms with Gasteiger partial charge in [0.05, 0.1) is 17.1 Å². The molecule has 3 amide bonds. The maximum Gasteiger partial charge on any atom is 0.255 e. The van der Waals surface area contributed by atoms with Gasteiger partial charge in [-0.1, -0.05) is 36.4 Å². The van der Waals surface area contributed by atoms with E-state index in [-0.39, 0.29) is 34.6 Å². The fraction of sp³-hybridized carbons (Fsp3) is 0.0833. The Labute approximate surface area is 309 Å². The quantitative estimate of drug-likeness (QED) is 0.0586. The Hall–Kier alpha value is -7.89. The summed E-state index contributed by atoms with van der Waals surface area (Å²) >= 11 is 0. The Bertz CT molecular complexity index is 2000. The predicted octanol–water partition coefficient (Wildman–Crippen LogP) is 2.44. The predicted molar refractivity (Wildman–Crippen MR) is 214 cm³/mol. The topological polar surface area (TPSA) is 318 Å². The molecule has 18 nitrogen and oxygen atoms in total. The first-order valence-corrected chi connectivity index (χ1v) is 16.0. The Balaban J connectivity index is 1.69. The number of carbonyl (C=O) groups is 3. The summed E-state index contributed by atoms with van der Waals surface area (Å²) in [4.78, 5) is 41.1. The molecule has 54 heavy (non-hydrogen) atoms. The van der Waals surface area contributed by atoms with Gasteiger partial charge in [-0.25, -0.2) is 0 Å². The Morgan fingerprint density at radius 3 is 0.889 bits per heavy atom. The zero-order valence-electron chi connectivity index (χ0n) is 29.5. The SMILES string of the molecule is CC(=NN=C(N)N)c1cccc(NC(=O)c2cc(C(=O)Nc3cccc(C(C)=NN=C(N)N)c3)cc(C(=O)Nc3cccc(/C(C)=N/N=C(N)N)c3)c2)c1. The maximum absolute atomic E-state index is 13.7. The molecule has 4 rings (SSSR count). The molecule has 18 heteroatoms. The summed E-state index contributed by atoms with van der Waals surface area (Å²) in [7, 11) is 0. The minimum absolute atomic E-state index is 0.0204. The maximum atomic E-state index is 13.7. The van der Waals surface area contributed by atoms with Gasteiger partial charge in [-0.2, -0.15) is 15.3 Å². The standard InChI is InChI=1S/C36H39N15O3/c1-19(46-49-34(37)38)22-7-4-10-28(16-22)43-31(52)25-13-26(32(53)44-29-11-5-8-23(17-29)20(2)47-50-35(39)40)15-27(14-25)33(54)45-30-12-6-9-24(18-30)21(3)48-51-36(41)42/h4-18H,1-3H3,(H,43,52)(H,44,53)(H,45,54)(H4,37,38,49)(H4,39,40,50)(H4,41,42,51)/b46-19+,47-20?,48-21?. The highest BCUT2D eigenvalue weighted by atomic mass is 16.2. The van der Waals surface area contributed by atoms with Gasteiger partial charge in [-0.05, 0) is 92.1 Å². The number of anilines is 3. The van der Waals surface area contributed by atoms with E-state index in [1.165, 1.54) is 18.2 Å².